The summed E-state index contributed by atoms with van der Waals surface area (Å²) in [6, 6.07) is 7.29. The number of hydrogen-bond acceptors (Lipinski definition) is 3. The van der Waals surface area contributed by atoms with E-state index in [1.807, 2.05) is 18.2 Å². The van der Waals surface area contributed by atoms with Crippen LogP contribution in [0.2, 0.25) is 0 Å². The summed E-state index contributed by atoms with van der Waals surface area (Å²) in [5.74, 6) is 0.466. The maximum absolute atomic E-state index is 12.0. The largest absolute Gasteiger partial charge is 0.396 e. The van der Waals surface area contributed by atoms with Crippen LogP contribution in [0.1, 0.15) is 0 Å². The van der Waals surface area contributed by atoms with Gasteiger partial charge >= 0.3 is 16.6 Å². The lowest BCUT2D eigenvalue weighted by atomic mass is 10.2. The van der Waals surface area contributed by atoms with Gasteiger partial charge in [0.15, 0.2) is 0 Å². The summed E-state index contributed by atoms with van der Waals surface area (Å²) in [5.41, 5.74) is 0.654. The van der Waals surface area contributed by atoms with Gasteiger partial charge in [0.1, 0.15) is 5.52 Å². The second kappa shape index (κ2) is 3.02. The molecule has 0 bridgehead atoms. The van der Waals surface area contributed by atoms with Gasteiger partial charge in [-0.2, -0.15) is 4.57 Å². The van der Waals surface area contributed by atoms with E-state index in [1.165, 1.54) is 4.57 Å². The molecule has 2 aromatic rings. The molecule has 0 aliphatic carbocycles. The molecule has 1 aromatic carbocycles. The Bertz CT molecular complexity index is 717. The van der Waals surface area contributed by atoms with Crippen LogP contribution in [-0.4, -0.2) is 9.68 Å². The molecule has 5 nitrogen and oxygen atoms in total. The Kier molecular flexibility index (Phi) is 1.75. The van der Waals surface area contributed by atoms with Gasteiger partial charge in [-0.1, -0.05) is 12.1 Å². The fraction of sp³-hybridized carbons (Fsp3) is 0.100. The number of rotatable bonds is 0. The molecule has 2 heterocycles. The Morgan fingerprint density at radius 2 is 2.06 bits per heavy atom. The van der Waals surface area contributed by atoms with Crippen LogP contribution >= 0.6 is 12.2 Å². The van der Waals surface area contributed by atoms with Crippen molar-refractivity contribution in [2.75, 3.05) is 0 Å². The van der Waals surface area contributed by atoms with E-state index in [2.05, 4.69) is 10.2 Å². The van der Waals surface area contributed by atoms with Crippen molar-refractivity contribution in [3.05, 3.63) is 34.6 Å². The lowest BCUT2D eigenvalue weighted by molar-refractivity contribution is -0.508. The fourth-order valence-corrected chi connectivity index (χ4v) is 2.03. The van der Waals surface area contributed by atoms with E-state index in [0.717, 1.165) is 5.52 Å². The molecule has 0 saturated carbocycles. The predicted octanol–water partition coefficient (Wildman–Crippen LogP) is 1.06. The topological polar surface area (TPSA) is 50.6 Å². The first kappa shape index (κ1) is 9.29. The third-order valence-corrected chi connectivity index (χ3v) is 2.86. The molecule has 16 heavy (non-hydrogen) atoms. The van der Waals surface area contributed by atoms with Crippen molar-refractivity contribution in [1.82, 2.24) is 4.57 Å². The third kappa shape index (κ3) is 1.02. The Morgan fingerprint density at radius 1 is 1.31 bits per heavy atom. The van der Waals surface area contributed by atoms with Crippen LogP contribution < -0.4 is 10.1 Å². The number of thiocarbonyl (C=S) groups is 1. The lowest BCUT2D eigenvalue weighted by Crippen LogP contribution is -2.43. The van der Waals surface area contributed by atoms with Gasteiger partial charge in [0.05, 0.1) is 17.5 Å². The summed E-state index contributed by atoms with van der Waals surface area (Å²) in [7, 11) is 1.66. The first-order chi connectivity index (χ1) is 7.70. The number of para-hydroxylation sites is 1. The Balaban J connectivity index is 2.64. The zero-order valence-electron chi connectivity index (χ0n) is 8.41. The van der Waals surface area contributed by atoms with Gasteiger partial charge in [-0.3, -0.25) is 4.79 Å². The highest BCUT2D eigenvalue weighted by molar-refractivity contribution is 7.79. The van der Waals surface area contributed by atoms with E-state index in [4.69, 9.17) is 12.2 Å². The molecule has 0 radical (unpaired) electrons. The van der Waals surface area contributed by atoms with Crippen LogP contribution in [0.4, 0.5) is 5.95 Å². The highest BCUT2D eigenvalue weighted by Crippen LogP contribution is 2.15. The average molecular weight is 231 g/mol. The van der Waals surface area contributed by atoms with Crippen LogP contribution in [0.3, 0.4) is 0 Å². The maximum atomic E-state index is 12.0. The first-order valence-corrected chi connectivity index (χ1v) is 5.11. The van der Waals surface area contributed by atoms with Crippen molar-refractivity contribution in [2.24, 2.45) is 17.3 Å². The van der Waals surface area contributed by atoms with E-state index >= 15 is 0 Å². The smallest absolute Gasteiger partial charge is 0.255 e. The second-order valence-electron chi connectivity index (χ2n) is 3.50. The van der Waals surface area contributed by atoms with Crippen molar-refractivity contribution < 1.29 is 4.57 Å². The number of nitrogens with zero attached hydrogens (tertiary/aromatic N) is 4. The van der Waals surface area contributed by atoms with Crippen molar-refractivity contribution >= 4 is 34.2 Å². The summed E-state index contributed by atoms with van der Waals surface area (Å²) in [6.07, 6.45) is 0. The normalized spacial score (nSPS) is 13.4. The van der Waals surface area contributed by atoms with Crippen LogP contribution in [-0.2, 0) is 7.05 Å². The Morgan fingerprint density at radius 3 is 2.88 bits per heavy atom. The molecule has 1 aliphatic heterocycles. The molecule has 6 heteroatoms. The second-order valence-corrected chi connectivity index (χ2v) is 3.86. The standard InChI is InChI=1S/C10H7N4OS/c1-13-8(15)6-4-2-3-5-7(6)14-9(13)11-12-10(14)16/h2-5H,1H3/q+1. The molecule has 0 atom stereocenters. The molecule has 0 N–H and O–H groups in total. The van der Waals surface area contributed by atoms with Crippen molar-refractivity contribution in [3.8, 4) is 0 Å². The summed E-state index contributed by atoms with van der Waals surface area (Å²) in [5, 5.41) is 8.69. The highest BCUT2D eigenvalue weighted by atomic mass is 32.1. The molecule has 0 amide bonds. The number of aromatic nitrogens is 2. The lowest BCUT2D eigenvalue weighted by Gasteiger charge is -2.02. The van der Waals surface area contributed by atoms with Gasteiger partial charge < -0.3 is 0 Å². The van der Waals surface area contributed by atoms with Gasteiger partial charge in [-0.25, -0.2) is 4.57 Å². The van der Waals surface area contributed by atoms with E-state index in [-0.39, 0.29) is 5.56 Å². The van der Waals surface area contributed by atoms with E-state index in [1.54, 1.807) is 17.7 Å². The van der Waals surface area contributed by atoms with Gasteiger partial charge in [0.2, 0.25) is 0 Å². The zero-order chi connectivity index (χ0) is 11.3. The zero-order valence-corrected chi connectivity index (χ0v) is 9.23. The molecule has 0 unspecified atom stereocenters. The summed E-state index contributed by atoms with van der Waals surface area (Å²) in [4.78, 5) is 12.0. The summed E-state index contributed by atoms with van der Waals surface area (Å²) >= 11 is 5.09. The number of hydrogen-bond donors (Lipinski definition) is 0. The average Bonchev–Trinajstić information content (AvgIpc) is 2.69. The molecule has 3 rings (SSSR count). The van der Waals surface area contributed by atoms with Crippen molar-refractivity contribution in [2.45, 2.75) is 0 Å². The van der Waals surface area contributed by atoms with Crippen LogP contribution in [0.15, 0.2) is 39.3 Å². The Hall–Kier alpha value is -1.95. The van der Waals surface area contributed by atoms with E-state index in [9.17, 15) is 4.79 Å². The monoisotopic (exact) mass is 231 g/mol. The SMILES string of the molecule is Cn1c2[n+](c3ccccc3c1=O)C(=S)N=N2. The summed E-state index contributed by atoms with van der Waals surface area (Å²) in [6.45, 7) is 0. The number of azo groups is 1. The van der Waals surface area contributed by atoms with Crippen molar-refractivity contribution in [3.63, 3.8) is 0 Å². The Labute approximate surface area is 95.7 Å². The van der Waals surface area contributed by atoms with Gasteiger partial charge in [-0.05, 0) is 24.4 Å². The van der Waals surface area contributed by atoms with E-state index < -0.39 is 0 Å². The van der Waals surface area contributed by atoms with Gasteiger partial charge in [0.25, 0.3) is 0 Å². The molecular formula is C10H7N4OS+. The predicted molar refractivity (Wildman–Crippen MR) is 61.9 cm³/mol. The first-order valence-electron chi connectivity index (χ1n) is 4.70. The minimum Gasteiger partial charge on any atom is -0.255 e. The molecule has 1 aliphatic rings. The molecule has 0 saturated heterocycles. The van der Waals surface area contributed by atoms with E-state index in [0.29, 0.717) is 16.4 Å². The molecular weight excluding hydrogens is 224 g/mol. The minimum absolute atomic E-state index is 0.0921. The molecule has 0 fully saturated rings. The van der Waals surface area contributed by atoms with Crippen LogP contribution in [0, 0.1) is 0 Å². The van der Waals surface area contributed by atoms with Crippen molar-refractivity contribution in [1.29, 1.82) is 0 Å². The number of fused-ring (bicyclic) bond motifs is 3. The van der Waals surface area contributed by atoms with Crippen LogP contribution in [0.25, 0.3) is 10.9 Å². The molecule has 0 spiro atoms. The molecule has 78 valence electrons. The summed E-state index contributed by atoms with van der Waals surface area (Å²) < 4.78 is 3.15. The van der Waals surface area contributed by atoms with Gasteiger partial charge in [-0.15, -0.1) is 0 Å². The quantitative estimate of drug-likeness (QED) is 0.503. The molecule has 1 aromatic heterocycles. The highest BCUT2D eigenvalue weighted by Gasteiger charge is 2.28. The maximum Gasteiger partial charge on any atom is 0.396 e. The minimum atomic E-state index is -0.0921. The van der Waals surface area contributed by atoms with Crippen LogP contribution in [0.5, 0.6) is 0 Å². The third-order valence-electron chi connectivity index (χ3n) is 2.60. The fourth-order valence-electron chi connectivity index (χ4n) is 1.81. The number of benzene rings is 1. The van der Waals surface area contributed by atoms with Gasteiger partial charge in [0, 0.05) is 5.11 Å².